The van der Waals surface area contributed by atoms with E-state index in [1.165, 1.54) is 33.1 Å². The van der Waals surface area contributed by atoms with Crippen molar-refractivity contribution in [3.63, 3.8) is 0 Å². The number of para-hydroxylation sites is 1. The van der Waals surface area contributed by atoms with Crippen LogP contribution >= 0.6 is 11.8 Å². The van der Waals surface area contributed by atoms with E-state index in [4.69, 9.17) is 0 Å². The van der Waals surface area contributed by atoms with Crippen LogP contribution in [0.1, 0.15) is 11.3 Å². The number of benzene rings is 1. The summed E-state index contributed by atoms with van der Waals surface area (Å²) in [6.45, 7) is 0. The summed E-state index contributed by atoms with van der Waals surface area (Å²) in [6.07, 6.45) is 1.44. The van der Waals surface area contributed by atoms with Crippen molar-refractivity contribution in [3.05, 3.63) is 68.5 Å². The SMILES string of the molecule is Cn1c(=O)c2ccccc2n2c(SCc3cc(=O)n4[nH]cc(C#N)c4n3)nnc12. The van der Waals surface area contributed by atoms with Crippen LogP contribution in [0.15, 0.2) is 51.3 Å². The molecule has 29 heavy (non-hydrogen) atoms. The number of hydrogen-bond acceptors (Lipinski definition) is 7. The summed E-state index contributed by atoms with van der Waals surface area (Å²) in [6, 6.07) is 10.7. The lowest BCUT2D eigenvalue weighted by atomic mass is 10.2. The predicted octanol–water partition coefficient (Wildman–Crippen LogP) is 1.08. The molecule has 0 unspecified atom stereocenters. The largest absolute Gasteiger partial charge is 0.295 e. The Bertz CT molecular complexity index is 1580. The maximum Gasteiger partial charge on any atom is 0.272 e. The summed E-state index contributed by atoms with van der Waals surface area (Å²) in [5.74, 6) is 0.775. The van der Waals surface area contributed by atoms with Crippen LogP contribution in [0, 0.1) is 11.3 Å². The van der Waals surface area contributed by atoms with E-state index < -0.39 is 0 Å². The summed E-state index contributed by atoms with van der Waals surface area (Å²) in [5, 5.41) is 21.4. The van der Waals surface area contributed by atoms with Gasteiger partial charge in [0.2, 0.25) is 5.78 Å². The zero-order valence-electron chi connectivity index (χ0n) is 15.0. The van der Waals surface area contributed by atoms with E-state index >= 15 is 0 Å². The molecule has 10 nitrogen and oxygen atoms in total. The third-order valence-corrected chi connectivity index (χ3v) is 5.58. The molecule has 0 saturated heterocycles. The van der Waals surface area contributed by atoms with Gasteiger partial charge in [0.15, 0.2) is 10.8 Å². The summed E-state index contributed by atoms with van der Waals surface area (Å²) in [4.78, 5) is 29.2. The minimum atomic E-state index is -0.300. The van der Waals surface area contributed by atoms with Crippen LogP contribution in [0.25, 0.3) is 22.3 Å². The van der Waals surface area contributed by atoms with Gasteiger partial charge < -0.3 is 0 Å². The van der Waals surface area contributed by atoms with Crippen molar-refractivity contribution in [2.24, 2.45) is 7.05 Å². The molecular formula is C18H12N8O2S. The quantitative estimate of drug-likeness (QED) is 0.446. The highest BCUT2D eigenvalue weighted by Crippen LogP contribution is 2.23. The number of hydrogen-bond donors (Lipinski definition) is 1. The molecule has 1 N–H and O–H groups in total. The Balaban J connectivity index is 1.60. The Hall–Kier alpha value is -3.91. The Kier molecular flexibility index (Phi) is 3.75. The Labute approximate surface area is 166 Å². The first-order valence-corrected chi connectivity index (χ1v) is 9.53. The van der Waals surface area contributed by atoms with Crippen molar-refractivity contribution in [1.82, 2.24) is 33.8 Å². The van der Waals surface area contributed by atoms with Crippen molar-refractivity contribution in [2.75, 3.05) is 0 Å². The van der Waals surface area contributed by atoms with Crippen LogP contribution in [0.5, 0.6) is 0 Å². The third kappa shape index (κ3) is 2.54. The molecule has 11 heteroatoms. The van der Waals surface area contributed by atoms with Gasteiger partial charge in [-0.3, -0.25) is 23.7 Å². The zero-order valence-corrected chi connectivity index (χ0v) is 15.8. The highest BCUT2D eigenvalue weighted by Gasteiger charge is 2.16. The molecule has 0 fully saturated rings. The van der Waals surface area contributed by atoms with Crippen molar-refractivity contribution >= 4 is 34.1 Å². The van der Waals surface area contributed by atoms with E-state index in [0.29, 0.717) is 38.8 Å². The molecule has 1 aromatic carbocycles. The van der Waals surface area contributed by atoms with Crippen LogP contribution in [0.3, 0.4) is 0 Å². The maximum absolute atomic E-state index is 12.5. The fourth-order valence-electron chi connectivity index (χ4n) is 3.23. The van der Waals surface area contributed by atoms with Gasteiger partial charge >= 0.3 is 0 Å². The summed E-state index contributed by atoms with van der Waals surface area (Å²) < 4.78 is 4.49. The van der Waals surface area contributed by atoms with Gasteiger partial charge in [-0.1, -0.05) is 23.9 Å². The normalized spacial score (nSPS) is 11.4. The van der Waals surface area contributed by atoms with Crippen LogP contribution in [-0.2, 0) is 12.8 Å². The Morgan fingerprint density at radius 3 is 2.90 bits per heavy atom. The van der Waals surface area contributed by atoms with Gasteiger partial charge in [-0.2, -0.15) is 5.26 Å². The number of aryl methyl sites for hydroxylation is 1. The number of nitrogens with zero attached hydrogens (tertiary/aromatic N) is 7. The first-order valence-electron chi connectivity index (χ1n) is 8.54. The molecule has 5 aromatic rings. The van der Waals surface area contributed by atoms with E-state index in [0.717, 1.165) is 0 Å². The van der Waals surface area contributed by atoms with Gasteiger partial charge in [0.25, 0.3) is 11.1 Å². The number of aromatic nitrogens is 7. The highest BCUT2D eigenvalue weighted by atomic mass is 32.2. The van der Waals surface area contributed by atoms with Crippen LogP contribution < -0.4 is 11.1 Å². The van der Waals surface area contributed by atoms with E-state index in [9.17, 15) is 14.9 Å². The topological polar surface area (TPSA) is 126 Å². The lowest BCUT2D eigenvalue weighted by Gasteiger charge is -2.07. The van der Waals surface area contributed by atoms with Gasteiger partial charge in [-0.05, 0) is 12.1 Å². The van der Waals surface area contributed by atoms with E-state index in [1.807, 2.05) is 28.7 Å². The van der Waals surface area contributed by atoms with Crippen LogP contribution in [0.4, 0.5) is 0 Å². The lowest BCUT2D eigenvalue weighted by molar-refractivity contribution is 0.853. The molecule has 0 bridgehead atoms. The van der Waals surface area contributed by atoms with Crippen molar-refractivity contribution in [3.8, 4) is 6.07 Å². The summed E-state index contributed by atoms with van der Waals surface area (Å²) in [7, 11) is 1.65. The second kappa shape index (κ2) is 6.32. The molecule has 0 radical (unpaired) electrons. The lowest BCUT2D eigenvalue weighted by Crippen LogP contribution is -2.20. The maximum atomic E-state index is 12.5. The molecule has 0 spiro atoms. The van der Waals surface area contributed by atoms with Gasteiger partial charge in [0.1, 0.15) is 11.6 Å². The van der Waals surface area contributed by atoms with E-state index in [2.05, 4.69) is 20.3 Å². The number of aromatic amines is 1. The van der Waals surface area contributed by atoms with Gasteiger partial charge in [0, 0.05) is 25.1 Å². The molecule has 0 amide bonds. The minimum absolute atomic E-state index is 0.145. The second-order valence-electron chi connectivity index (χ2n) is 6.33. The molecular weight excluding hydrogens is 392 g/mol. The smallest absolute Gasteiger partial charge is 0.272 e. The number of nitriles is 1. The Morgan fingerprint density at radius 2 is 2.07 bits per heavy atom. The number of fused-ring (bicyclic) bond motifs is 4. The standard InChI is InChI=1S/C18H12N8O2S/c1-24-16(28)12-4-2-3-5-13(12)25-17(24)22-23-18(25)29-9-11-6-14(27)26-15(21-11)10(7-19)8-20-26/h2-6,8,20H,9H2,1H3. The van der Waals surface area contributed by atoms with Gasteiger partial charge in [0.05, 0.1) is 16.6 Å². The average molecular weight is 404 g/mol. The molecule has 5 rings (SSSR count). The molecule has 0 aliphatic heterocycles. The van der Waals surface area contributed by atoms with Gasteiger partial charge in [-0.15, -0.1) is 10.2 Å². The number of rotatable bonds is 3. The fourth-order valence-corrected chi connectivity index (χ4v) is 4.06. The number of nitrogens with one attached hydrogen (secondary N) is 1. The molecule has 0 aliphatic rings. The number of H-pyrrole nitrogens is 1. The van der Waals surface area contributed by atoms with Crippen molar-refractivity contribution < 1.29 is 0 Å². The van der Waals surface area contributed by atoms with E-state index in [1.54, 1.807) is 13.1 Å². The summed E-state index contributed by atoms with van der Waals surface area (Å²) >= 11 is 1.34. The molecule has 4 aromatic heterocycles. The molecule has 0 aliphatic carbocycles. The third-order valence-electron chi connectivity index (χ3n) is 4.62. The van der Waals surface area contributed by atoms with Crippen molar-refractivity contribution in [1.29, 1.82) is 5.26 Å². The van der Waals surface area contributed by atoms with Gasteiger partial charge in [-0.25, -0.2) is 9.50 Å². The first kappa shape index (κ1) is 17.2. The Morgan fingerprint density at radius 1 is 1.24 bits per heavy atom. The van der Waals surface area contributed by atoms with E-state index in [-0.39, 0.29) is 16.8 Å². The monoisotopic (exact) mass is 404 g/mol. The highest BCUT2D eigenvalue weighted by molar-refractivity contribution is 7.98. The molecule has 142 valence electrons. The van der Waals surface area contributed by atoms with Crippen molar-refractivity contribution in [2.45, 2.75) is 10.9 Å². The second-order valence-corrected chi connectivity index (χ2v) is 7.27. The zero-order chi connectivity index (χ0) is 20.1. The molecule has 0 atom stereocenters. The molecule has 4 heterocycles. The summed E-state index contributed by atoms with van der Waals surface area (Å²) in [5.41, 5.74) is 1.36. The average Bonchev–Trinajstić information content (AvgIpc) is 3.35. The number of thioether (sulfide) groups is 1. The fraction of sp³-hybridized carbons (Fsp3) is 0.111. The predicted molar refractivity (Wildman–Crippen MR) is 106 cm³/mol. The molecule has 0 saturated carbocycles. The first-order chi connectivity index (χ1) is 14.1. The van der Waals surface area contributed by atoms with Crippen LogP contribution in [-0.4, -0.2) is 33.8 Å². The van der Waals surface area contributed by atoms with Crippen LogP contribution in [0.2, 0.25) is 0 Å². The minimum Gasteiger partial charge on any atom is -0.295 e.